The summed E-state index contributed by atoms with van der Waals surface area (Å²) in [5, 5.41) is 20.2. The molecule has 0 unspecified atom stereocenters. The SMILES string of the molecule is COc1ccc(-n2c(C(C)=O)c(O)c(O)c2C(=O)N(C)C)cc1. The summed E-state index contributed by atoms with van der Waals surface area (Å²) in [6.45, 7) is 1.25. The number of ketones is 1. The van der Waals surface area contributed by atoms with E-state index in [1.165, 1.54) is 37.6 Å². The zero-order valence-corrected chi connectivity index (χ0v) is 13.3. The van der Waals surface area contributed by atoms with Gasteiger partial charge in [0.05, 0.1) is 7.11 Å². The minimum atomic E-state index is -0.621. The molecule has 0 saturated heterocycles. The standard InChI is InChI=1S/C16H18N2O5/c1-9(19)12-14(20)15(21)13(16(22)17(2)3)18(12)10-5-7-11(23-4)8-6-10/h5-8,20-21H,1-4H3. The third-order valence-corrected chi connectivity index (χ3v) is 3.39. The average Bonchev–Trinajstić information content (AvgIpc) is 2.78. The van der Waals surface area contributed by atoms with E-state index in [0.29, 0.717) is 11.4 Å². The van der Waals surface area contributed by atoms with Crippen LogP contribution in [0.4, 0.5) is 0 Å². The predicted molar refractivity (Wildman–Crippen MR) is 83.7 cm³/mol. The molecule has 2 rings (SSSR count). The molecule has 1 amide bonds. The Kier molecular flexibility index (Phi) is 4.31. The van der Waals surface area contributed by atoms with Gasteiger partial charge < -0.3 is 19.8 Å². The molecular weight excluding hydrogens is 300 g/mol. The molecule has 1 aromatic heterocycles. The van der Waals surface area contributed by atoms with E-state index >= 15 is 0 Å². The molecule has 0 fully saturated rings. The molecule has 0 spiro atoms. The number of nitrogens with zero attached hydrogens (tertiary/aromatic N) is 2. The number of aromatic nitrogens is 1. The number of ether oxygens (including phenoxy) is 1. The second kappa shape index (κ2) is 6.04. The lowest BCUT2D eigenvalue weighted by atomic mass is 10.2. The van der Waals surface area contributed by atoms with E-state index in [0.717, 1.165) is 0 Å². The van der Waals surface area contributed by atoms with Crippen LogP contribution >= 0.6 is 0 Å². The highest BCUT2D eigenvalue weighted by molar-refractivity contribution is 6.04. The van der Waals surface area contributed by atoms with E-state index in [2.05, 4.69) is 0 Å². The first-order valence-corrected chi connectivity index (χ1v) is 6.83. The molecule has 7 heteroatoms. The second-order valence-electron chi connectivity index (χ2n) is 5.18. The van der Waals surface area contributed by atoms with Gasteiger partial charge >= 0.3 is 0 Å². The molecule has 0 bridgehead atoms. The number of amides is 1. The largest absolute Gasteiger partial charge is 0.503 e. The lowest BCUT2D eigenvalue weighted by molar-refractivity contribution is 0.0816. The van der Waals surface area contributed by atoms with Gasteiger partial charge in [0.25, 0.3) is 5.91 Å². The van der Waals surface area contributed by atoms with Gasteiger partial charge in [0.1, 0.15) is 11.4 Å². The van der Waals surface area contributed by atoms with Crippen LogP contribution in [0.1, 0.15) is 27.9 Å². The van der Waals surface area contributed by atoms with Gasteiger partial charge in [0.15, 0.2) is 23.0 Å². The van der Waals surface area contributed by atoms with Gasteiger partial charge in [-0.3, -0.25) is 14.2 Å². The van der Waals surface area contributed by atoms with Gasteiger partial charge in [-0.1, -0.05) is 0 Å². The molecule has 122 valence electrons. The van der Waals surface area contributed by atoms with Crippen molar-refractivity contribution in [2.45, 2.75) is 6.92 Å². The van der Waals surface area contributed by atoms with Gasteiger partial charge in [-0.05, 0) is 24.3 Å². The summed E-state index contributed by atoms with van der Waals surface area (Å²) in [6, 6.07) is 6.54. The number of aromatic hydroxyl groups is 2. The maximum Gasteiger partial charge on any atom is 0.274 e. The average molecular weight is 318 g/mol. The van der Waals surface area contributed by atoms with Crippen molar-refractivity contribution in [2.24, 2.45) is 0 Å². The molecule has 2 N–H and O–H groups in total. The van der Waals surface area contributed by atoms with Crippen molar-refractivity contribution in [3.05, 3.63) is 35.7 Å². The van der Waals surface area contributed by atoms with Crippen LogP contribution in [0.2, 0.25) is 0 Å². The van der Waals surface area contributed by atoms with Crippen LogP contribution < -0.4 is 4.74 Å². The molecule has 0 atom stereocenters. The summed E-state index contributed by atoms with van der Waals surface area (Å²) in [4.78, 5) is 25.5. The fourth-order valence-electron chi connectivity index (χ4n) is 2.27. The van der Waals surface area contributed by atoms with Gasteiger partial charge in [0.2, 0.25) is 0 Å². The summed E-state index contributed by atoms with van der Waals surface area (Å²) in [5.41, 5.74) is 0.109. The van der Waals surface area contributed by atoms with Gasteiger partial charge in [-0.15, -0.1) is 0 Å². The Labute approximate surface area is 133 Å². The molecule has 1 heterocycles. The van der Waals surface area contributed by atoms with Crippen LogP contribution in [0.5, 0.6) is 17.2 Å². The molecule has 2 aromatic rings. The Bertz CT molecular complexity index is 760. The monoisotopic (exact) mass is 318 g/mol. The Morgan fingerprint density at radius 1 is 1.04 bits per heavy atom. The first kappa shape index (κ1) is 16.4. The predicted octanol–water partition coefficient (Wildman–Crippen LogP) is 1.80. The van der Waals surface area contributed by atoms with Crippen molar-refractivity contribution in [1.29, 1.82) is 0 Å². The molecule has 0 saturated carbocycles. The highest BCUT2D eigenvalue weighted by Gasteiger charge is 2.30. The minimum Gasteiger partial charge on any atom is -0.503 e. The van der Waals surface area contributed by atoms with E-state index < -0.39 is 23.2 Å². The number of carbonyl (C=O) groups excluding carboxylic acids is 2. The maximum atomic E-state index is 12.4. The van der Waals surface area contributed by atoms with Crippen molar-refractivity contribution in [1.82, 2.24) is 9.47 Å². The summed E-state index contributed by atoms with van der Waals surface area (Å²) >= 11 is 0. The number of carbonyl (C=O) groups is 2. The highest BCUT2D eigenvalue weighted by atomic mass is 16.5. The summed E-state index contributed by atoms with van der Waals surface area (Å²) < 4.78 is 6.32. The fraction of sp³-hybridized carbons (Fsp3) is 0.250. The number of rotatable bonds is 4. The lowest BCUT2D eigenvalue weighted by Gasteiger charge is -2.15. The Morgan fingerprint density at radius 2 is 1.57 bits per heavy atom. The van der Waals surface area contributed by atoms with E-state index in [9.17, 15) is 19.8 Å². The van der Waals surface area contributed by atoms with Crippen LogP contribution in [-0.2, 0) is 0 Å². The van der Waals surface area contributed by atoms with E-state index in [1.54, 1.807) is 24.3 Å². The van der Waals surface area contributed by atoms with E-state index in [-0.39, 0.29) is 11.4 Å². The Hall–Kier alpha value is -2.96. The van der Waals surface area contributed by atoms with Crippen LogP contribution in [-0.4, -0.2) is 52.6 Å². The van der Waals surface area contributed by atoms with Crippen LogP contribution in [0, 0.1) is 0 Å². The van der Waals surface area contributed by atoms with E-state index in [4.69, 9.17) is 4.74 Å². The van der Waals surface area contributed by atoms with E-state index in [1.807, 2.05) is 0 Å². The molecule has 0 aliphatic rings. The Morgan fingerprint density at radius 3 is 2.00 bits per heavy atom. The summed E-state index contributed by atoms with van der Waals surface area (Å²) in [6.07, 6.45) is 0. The van der Waals surface area contributed by atoms with Gasteiger partial charge in [0, 0.05) is 26.7 Å². The number of Topliss-reactive ketones (excluding diaryl/α,β-unsaturated/α-hetero) is 1. The molecule has 0 radical (unpaired) electrons. The van der Waals surface area contributed by atoms with Crippen molar-refractivity contribution in [3.63, 3.8) is 0 Å². The topological polar surface area (TPSA) is 92.0 Å². The van der Waals surface area contributed by atoms with Crippen molar-refractivity contribution < 1.29 is 24.5 Å². The number of hydrogen-bond donors (Lipinski definition) is 2. The number of methoxy groups -OCH3 is 1. The van der Waals surface area contributed by atoms with Crippen molar-refractivity contribution in [2.75, 3.05) is 21.2 Å². The molecule has 0 aliphatic heterocycles. The molecule has 23 heavy (non-hydrogen) atoms. The number of benzene rings is 1. The Balaban J connectivity index is 2.79. The molecular formula is C16H18N2O5. The van der Waals surface area contributed by atoms with Gasteiger partial charge in [-0.25, -0.2) is 0 Å². The molecule has 1 aromatic carbocycles. The van der Waals surface area contributed by atoms with Gasteiger partial charge in [-0.2, -0.15) is 0 Å². The highest BCUT2D eigenvalue weighted by Crippen LogP contribution is 2.39. The molecule has 7 nitrogen and oxygen atoms in total. The zero-order chi connectivity index (χ0) is 17.3. The third-order valence-electron chi connectivity index (χ3n) is 3.39. The maximum absolute atomic E-state index is 12.4. The van der Waals surface area contributed by atoms with Crippen molar-refractivity contribution >= 4 is 11.7 Å². The van der Waals surface area contributed by atoms with Crippen LogP contribution in [0.3, 0.4) is 0 Å². The smallest absolute Gasteiger partial charge is 0.274 e. The summed E-state index contributed by atoms with van der Waals surface area (Å²) in [7, 11) is 4.54. The summed E-state index contributed by atoms with van der Waals surface area (Å²) in [5.74, 6) is -1.66. The fourth-order valence-corrected chi connectivity index (χ4v) is 2.27. The third kappa shape index (κ3) is 2.73. The minimum absolute atomic E-state index is 0.155. The van der Waals surface area contributed by atoms with Crippen molar-refractivity contribution in [3.8, 4) is 22.9 Å². The lowest BCUT2D eigenvalue weighted by Crippen LogP contribution is -2.25. The molecule has 0 aliphatic carbocycles. The first-order valence-electron chi connectivity index (χ1n) is 6.83. The normalized spacial score (nSPS) is 10.4. The quantitative estimate of drug-likeness (QED) is 0.839. The second-order valence-corrected chi connectivity index (χ2v) is 5.18. The van der Waals surface area contributed by atoms with Crippen LogP contribution in [0.15, 0.2) is 24.3 Å². The van der Waals surface area contributed by atoms with Crippen LogP contribution in [0.25, 0.3) is 5.69 Å². The number of hydrogen-bond acceptors (Lipinski definition) is 5. The first-order chi connectivity index (χ1) is 10.8. The zero-order valence-electron chi connectivity index (χ0n) is 13.3.